The molecule has 0 spiro atoms. The van der Waals surface area contributed by atoms with Crippen LogP contribution in [0.15, 0.2) is 24.3 Å². The molecule has 0 fully saturated rings. The quantitative estimate of drug-likeness (QED) is 0.659. The van der Waals surface area contributed by atoms with Crippen molar-refractivity contribution in [3.8, 4) is 11.5 Å². The summed E-state index contributed by atoms with van der Waals surface area (Å²) in [5.74, 6) is 2.34. The molecule has 0 aromatic heterocycles. The van der Waals surface area contributed by atoms with E-state index in [0.717, 1.165) is 37.5 Å². The lowest BCUT2D eigenvalue weighted by Gasteiger charge is -2.21. The van der Waals surface area contributed by atoms with E-state index in [1.54, 1.807) is 0 Å². The van der Waals surface area contributed by atoms with Gasteiger partial charge in [-0.2, -0.15) is 0 Å². The molecule has 0 aliphatic heterocycles. The second kappa shape index (κ2) is 9.65. The summed E-state index contributed by atoms with van der Waals surface area (Å²) in [7, 11) is 0. The molecule has 1 N–H and O–H groups in total. The number of para-hydroxylation sites is 2. The Morgan fingerprint density at radius 2 is 1.70 bits per heavy atom. The molecule has 0 aliphatic rings. The van der Waals surface area contributed by atoms with Gasteiger partial charge in [0.25, 0.3) is 0 Å². The van der Waals surface area contributed by atoms with Crippen LogP contribution in [0, 0.1) is 5.92 Å². The lowest BCUT2D eigenvalue weighted by molar-refractivity contribution is 0.259. The fourth-order valence-electron chi connectivity index (χ4n) is 2.26. The Kier molecular flexibility index (Phi) is 8.12. The van der Waals surface area contributed by atoms with Crippen LogP contribution in [-0.2, 0) is 0 Å². The van der Waals surface area contributed by atoms with Gasteiger partial charge in [0.1, 0.15) is 0 Å². The monoisotopic (exact) mass is 279 g/mol. The molecule has 0 bridgehead atoms. The van der Waals surface area contributed by atoms with Gasteiger partial charge in [-0.15, -0.1) is 0 Å². The Balaban J connectivity index is 2.36. The lowest BCUT2D eigenvalue weighted by Crippen LogP contribution is -2.33. The zero-order valence-corrected chi connectivity index (χ0v) is 13.3. The predicted molar refractivity (Wildman–Crippen MR) is 84.6 cm³/mol. The molecule has 3 heteroatoms. The highest BCUT2D eigenvalue weighted by molar-refractivity contribution is 5.39. The van der Waals surface area contributed by atoms with E-state index >= 15 is 0 Å². The summed E-state index contributed by atoms with van der Waals surface area (Å²) >= 11 is 0. The van der Waals surface area contributed by atoms with Crippen LogP contribution >= 0.6 is 0 Å². The average molecular weight is 279 g/mol. The van der Waals surface area contributed by atoms with E-state index in [1.807, 2.05) is 31.2 Å². The van der Waals surface area contributed by atoms with Crippen LogP contribution in [-0.4, -0.2) is 25.8 Å². The summed E-state index contributed by atoms with van der Waals surface area (Å²) in [5.41, 5.74) is 0. The topological polar surface area (TPSA) is 30.5 Å². The zero-order valence-electron chi connectivity index (χ0n) is 13.3. The number of ether oxygens (including phenoxy) is 2. The molecule has 1 aromatic carbocycles. The average Bonchev–Trinajstić information content (AvgIpc) is 2.44. The van der Waals surface area contributed by atoms with Gasteiger partial charge in [0.15, 0.2) is 11.5 Å². The molecule has 0 amide bonds. The normalized spacial score (nSPS) is 12.4. The second-order valence-electron chi connectivity index (χ2n) is 5.28. The van der Waals surface area contributed by atoms with Crippen molar-refractivity contribution in [1.82, 2.24) is 5.32 Å². The minimum atomic E-state index is 0.575. The van der Waals surface area contributed by atoms with Gasteiger partial charge in [-0.25, -0.2) is 0 Å². The molecule has 114 valence electrons. The molecule has 0 heterocycles. The van der Waals surface area contributed by atoms with Crippen LogP contribution in [0.3, 0.4) is 0 Å². The van der Waals surface area contributed by atoms with Gasteiger partial charge < -0.3 is 14.8 Å². The predicted octanol–water partition coefficient (Wildman–Crippen LogP) is 3.88. The van der Waals surface area contributed by atoms with Gasteiger partial charge in [-0.05, 0) is 44.4 Å². The first-order valence-electron chi connectivity index (χ1n) is 7.77. The van der Waals surface area contributed by atoms with Gasteiger partial charge in [0.05, 0.1) is 13.2 Å². The van der Waals surface area contributed by atoms with Crippen molar-refractivity contribution in [2.45, 2.75) is 46.6 Å². The SMILES string of the molecule is CCNC(CCCOc1ccccc1OCC)C(C)C. The molecule has 1 atom stereocenters. The van der Waals surface area contributed by atoms with Crippen LogP contribution < -0.4 is 14.8 Å². The first kappa shape index (κ1) is 16.8. The highest BCUT2D eigenvalue weighted by Crippen LogP contribution is 2.26. The lowest BCUT2D eigenvalue weighted by atomic mass is 9.99. The molecule has 1 aromatic rings. The van der Waals surface area contributed by atoms with E-state index in [1.165, 1.54) is 0 Å². The number of hydrogen-bond donors (Lipinski definition) is 1. The molecule has 1 unspecified atom stereocenters. The van der Waals surface area contributed by atoms with Crippen LogP contribution in [0.1, 0.15) is 40.5 Å². The highest BCUT2D eigenvalue weighted by atomic mass is 16.5. The third kappa shape index (κ3) is 5.83. The Hall–Kier alpha value is -1.22. The third-order valence-electron chi connectivity index (χ3n) is 3.34. The van der Waals surface area contributed by atoms with Crippen molar-refractivity contribution in [1.29, 1.82) is 0 Å². The Morgan fingerprint density at radius 3 is 2.25 bits per heavy atom. The van der Waals surface area contributed by atoms with Crippen molar-refractivity contribution < 1.29 is 9.47 Å². The van der Waals surface area contributed by atoms with E-state index < -0.39 is 0 Å². The molecule has 0 radical (unpaired) electrons. The Bertz CT molecular complexity index is 366. The maximum atomic E-state index is 5.85. The van der Waals surface area contributed by atoms with E-state index in [2.05, 4.69) is 26.1 Å². The van der Waals surface area contributed by atoms with Crippen molar-refractivity contribution in [2.75, 3.05) is 19.8 Å². The molecule has 20 heavy (non-hydrogen) atoms. The molecular weight excluding hydrogens is 250 g/mol. The minimum absolute atomic E-state index is 0.575. The van der Waals surface area contributed by atoms with Gasteiger partial charge in [0, 0.05) is 6.04 Å². The van der Waals surface area contributed by atoms with Gasteiger partial charge in [-0.3, -0.25) is 0 Å². The van der Waals surface area contributed by atoms with Crippen LogP contribution in [0.5, 0.6) is 11.5 Å². The summed E-state index contributed by atoms with van der Waals surface area (Å²) < 4.78 is 11.4. The summed E-state index contributed by atoms with van der Waals surface area (Å²) in [4.78, 5) is 0. The highest BCUT2D eigenvalue weighted by Gasteiger charge is 2.11. The number of hydrogen-bond acceptors (Lipinski definition) is 3. The van der Waals surface area contributed by atoms with Gasteiger partial charge >= 0.3 is 0 Å². The largest absolute Gasteiger partial charge is 0.490 e. The fourth-order valence-corrected chi connectivity index (χ4v) is 2.26. The third-order valence-corrected chi connectivity index (χ3v) is 3.34. The van der Waals surface area contributed by atoms with Crippen molar-refractivity contribution >= 4 is 0 Å². The van der Waals surface area contributed by atoms with Crippen molar-refractivity contribution in [3.05, 3.63) is 24.3 Å². The Morgan fingerprint density at radius 1 is 1.05 bits per heavy atom. The maximum Gasteiger partial charge on any atom is 0.161 e. The first-order valence-corrected chi connectivity index (χ1v) is 7.77. The molecule has 1 rings (SSSR count). The minimum Gasteiger partial charge on any atom is -0.490 e. The number of rotatable bonds is 10. The number of benzene rings is 1. The van der Waals surface area contributed by atoms with Gasteiger partial charge in [-0.1, -0.05) is 32.9 Å². The molecule has 0 saturated heterocycles. The van der Waals surface area contributed by atoms with E-state index in [4.69, 9.17) is 9.47 Å². The zero-order chi connectivity index (χ0) is 14.8. The second-order valence-corrected chi connectivity index (χ2v) is 5.28. The van der Waals surface area contributed by atoms with Crippen LogP contribution in [0.2, 0.25) is 0 Å². The summed E-state index contributed by atoms with van der Waals surface area (Å²) in [5, 5.41) is 3.53. The fraction of sp³-hybridized carbons (Fsp3) is 0.647. The van der Waals surface area contributed by atoms with Crippen molar-refractivity contribution in [3.63, 3.8) is 0 Å². The molecular formula is C17H29NO2. The maximum absolute atomic E-state index is 5.85. The first-order chi connectivity index (χ1) is 9.69. The summed E-state index contributed by atoms with van der Waals surface area (Å²) in [6.07, 6.45) is 2.19. The van der Waals surface area contributed by atoms with Crippen LogP contribution in [0.25, 0.3) is 0 Å². The summed E-state index contributed by atoms with van der Waals surface area (Å²) in [6.45, 7) is 11.1. The van der Waals surface area contributed by atoms with E-state index in [9.17, 15) is 0 Å². The smallest absolute Gasteiger partial charge is 0.161 e. The van der Waals surface area contributed by atoms with E-state index in [0.29, 0.717) is 18.6 Å². The van der Waals surface area contributed by atoms with Crippen molar-refractivity contribution in [2.24, 2.45) is 5.92 Å². The standard InChI is InChI=1S/C17H29NO2/c1-5-18-15(14(3)4)10-9-13-20-17-12-8-7-11-16(17)19-6-2/h7-8,11-12,14-15,18H,5-6,9-10,13H2,1-4H3. The summed E-state index contributed by atoms with van der Waals surface area (Å²) in [6, 6.07) is 8.44. The Labute approximate surface area is 123 Å². The number of nitrogens with one attached hydrogen (secondary N) is 1. The van der Waals surface area contributed by atoms with E-state index in [-0.39, 0.29) is 0 Å². The molecule has 0 saturated carbocycles. The molecule has 0 aliphatic carbocycles. The van der Waals surface area contributed by atoms with Crippen LogP contribution in [0.4, 0.5) is 0 Å². The van der Waals surface area contributed by atoms with Gasteiger partial charge in [0.2, 0.25) is 0 Å². The molecule has 3 nitrogen and oxygen atoms in total.